The van der Waals surface area contributed by atoms with Crippen LogP contribution >= 0.6 is 0 Å². The molecular formula is C22H21N3O2. The molecule has 4 rings (SSSR count). The van der Waals surface area contributed by atoms with E-state index in [0.29, 0.717) is 24.1 Å². The van der Waals surface area contributed by atoms with E-state index in [0.717, 1.165) is 24.1 Å². The molecule has 5 nitrogen and oxygen atoms in total. The first kappa shape index (κ1) is 17.3. The Balaban J connectivity index is 1.78. The molecule has 2 aromatic carbocycles. The second kappa shape index (κ2) is 6.55. The van der Waals surface area contributed by atoms with Gasteiger partial charge in [0.1, 0.15) is 0 Å². The minimum Gasteiger partial charge on any atom is -0.334 e. The third-order valence-electron chi connectivity index (χ3n) is 5.85. The fraction of sp³-hybridized carbons (Fsp3) is 0.318. The third-order valence-corrected chi connectivity index (χ3v) is 5.85. The summed E-state index contributed by atoms with van der Waals surface area (Å²) >= 11 is 0. The number of likely N-dealkylation sites (tertiary alicyclic amines) is 1. The molecule has 136 valence electrons. The van der Waals surface area contributed by atoms with Crippen LogP contribution in [0.1, 0.15) is 47.7 Å². The highest BCUT2D eigenvalue weighted by molar-refractivity contribution is 6.08. The second-order valence-electron chi connectivity index (χ2n) is 7.18. The Morgan fingerprint density at radius 3 is 2.78 bits per heavy atom. The lowest BCUT2D eigenvalue weighted by Crippen LogP contribution is -2.48. The van der Waals surface area contributed by atoms with Crippen LogP contribution in [0.2, 0.25) is 0 Å². The molecule has 1 N–H and O–H groups in total. The number of hydrogen-bond acceptors (Lipinski definition) is 3. The first-order chi connectivity index (χ1) is 13.1. The molecule has 1 spiro atoms. The van der Waals surface area contributed by atoms with Gasteiger partial charge in [0.25, 0.3) is 5.91 Å². The molecule has 1 fully saturated rings. The molecule has 27 heavy (non-hydrogen) atoms. The number of fused-ring (bicyclic) bond motifs is 2. The van der Waals surface area contributed by atoms with Gasteiger partial charge < -0.3 is 10.2 Å². The van der Waals surface area contributed by atoms with Gasteiger partial charge in [-0.25, -0.2) is 0 Å². The number of carbonyl (C=O) groups excluding carboxylic acids is 2. The summed E-state index contributed by atoms with van der Waals surface area (Å²) in [6.45, 7) is 2.57. The highest BCUT2D eigenvalue weighted by Gasteiger charge is 2.58. The Labute approximate surface area is 158 Å². The number of nitrogens with one attached hydrogen (secondary N) is 1. The molecule has 2 aliphatic rings. The van der Waals surface area contributed by atoms with E-state index in [4.69, 9.17) is 0 Å². The average Bonchev–Trinajstić information content (AvgIpc) is 3.21. The van der Waals surface area contributed by atoms with Crippen molar-refractivity contribution in [3.8, 4) is 6.07 Å². The molecule has 0 unspecified atom stereocenters. The largest absolute Gasteiger partial charge is 0.334 e. The van der Waals surface area contributed by atoms with Crippen LogP contribution in [0.25, 0.3) is 0 Å². The van der Waals surface area contributed by atoms with Gasteiger partial charge >= 0.3 is 0 Å². The number of nitrogens with zero attached hydrogens (tertiary/aromatic N) is 2. The quantitative estimate of drug-likeness (QED) is 0.912. The average molecular weight is 359 g/mol. The van der Waals surface area contributed by atoms with Crippen molar-refractivity contribution >= 4 is 17.5 Å². The summed E-state index contributed by atoms with van der Waals surface area (Å²) in [5.74, 6) is -0.189. The smallest absolute Gasteiger partial charge is 0.255 e. The van der Waals surface area contributed by atoms with E-state index in [-0.39, 0.29) is 17.9 Å². The van der Waals surface area contributed by atoms with Gasteiger partial charge in [-0.1, -0.05) is 43.7 Å². The number of nitriles is 1. The predicted molar refractivity (Wildman–Crippen MR) is 102 cm³/mol. The zero-order valence-corrected chi connectivity index (χ0v) is 15.2. The number of amides is 2. The molecule has 1 saturated heterocycles. The molecule has 0 aromatic heterocycles. The Bertz CT molecular complexity index is 962. The standard InChI is InChI=1S/C22H21N3O2/c1-2-7-19-22(17-10-5-6-11-18(17)24-21(22)27)12-13-25(19)20(26)16-9-4-3-8-15(16)14-23/h3-6,8-11,19H,2,7,12-13H2,1H3,(H,24,27)/t19-,22+/m0/s1. The Morgan fingerprint density at radius 1 is 1.26 bits per heavy atom. The Hall–Kier alpha value is -3.13. The van der Waals surface area contributed by atoms with Crippen molar-refractivity contribution in [3.63, 3.8) is 0 Å². The van der Waals surface area contributed by atoms with Gasteiger partial charge in [-0.15, -0.1) is 0 Å². The lowest BCUT2D eigenvalue weighted by molar-refractivity contribution is -0.121. The van der Waals surface area contributed by atoms with Crippen molar-refractivity contribution in [1.29, 1.82) is 5.26 Å². The van der Waals surface area contributed by atoms with Gasteiger partial charge in [0.05, 0.1) is 28.7 Å². The fourth-order valence-electron chi connectivity index (χ4n) is 4.64. The van der Waals surface area contributed by atoms with Crippen molar-refractivity contribution < 1.29 is 9.59 Å². The van der Waals surface area contributed by atoms with Gasteiger partial charge in [0.2, 0.25) is 5.91 Å². The molecule has 2 heterocycles. The molecule has 0 aliphatic carbocycles. The summed E-state index contributed by atoms with van der Waals surface area (Å²) in [6.07, 6.45) is 2.20. The number of hydrogen-bond donors (Lipinski definition) is 1. The SMILES string of the molecule is CCC[C@@H]1N(C(=O)c2ccccc2C#N)CC[C@]12C(=O)Nc1ccccc12. The molecule has 2 aromatic rings. The van der Waals surface area contributed by atoms with Crippen LogP contribution in [0.15, 0.2) is 48.5 Å². The minimum absolute atomic E-state index is 0.0222. The van der Waals surface area contributed by atoms with Gasteiger partial charge in [-0.3, -0.25) is 9.59 Å². The first-order valence-corrected chi connectivity index (χ1v) is 9.34. The van der Waals surface area contributed by atoms with Crippen molar-refractivity contribution in [2.24, 2.45) is 0 Å². The zero-order valence-electron chi connectivity index (χ0n) is 15.2. The molecule has 2 aliphatic heterocycles. The van der Waals surface area contributed by atoms with E-state index < -0.39 is 5.41 Å². The van der Waals surface area contributed by atoms with Crippen LogP contribution in [0.5, 0.6) is 0 Å². The van der Waals surface area contributed by atoms with Crippen molar-refractivity contribution in [2.45, 2.75) is 37.6 Å². The molecule has 0 saturated carbocycles. The summed E-state index contributed by atoms with van der Waals surface area (Å²) in [4.78, 5) is 28.2. The molecule has 0 bridgehead atoms. The monoisotopic (exact) mass is 359 g/mol. The molecule has 2 atom stereocenters. The highest BCUT2D eigenvalue weighted by atomic mass is 16.2. The van der Waals surface area contributed by atoms with Gasteiger partial charge in [0.15, 0.2) is 0 Å². The maximum absolute atomic E-state index is 13.3. The Kier molecular flexibility index (Phi) is 4.19. The van der Waals surface area contributed by atoms with Crippen LogP contribution in [0.3, 0.4) is 0 Å². The van der Waals surface area contributed by atoms with Crippen LogP contribution < -0.4 is 5.32 Å². The highest BCUT2D eigenvalue weighted by Crippen LogP contribution is 2.49. The fourth-order valence-corrected chi connectivity index (χ4v) is 4.64. The number of para-hydroxylation sites is 1. The first-order valence-electron chi connectivity index (χ1n) is 9.34. The molecular weight excluding hydrogens is 338 g/mol. The van der Waals surface area contributed by atoms with E-state index in [1.165, 1.54) is 0 Å². The maximum Gasteiger partial charge on any atom is 0.255 e. The van der Waals surface area contributed by atoms with E-state index in [9.17, 15) is 14.9 Å². The number of rotatable bonds is 3. The minimum atomic E-state index is -0.705. The van der Waals surface area contributed by atoms with Gasteiger partial charge in [-0.05, 0) is 36.6 Å². The van der Waals surface area contributed by atoms with Crippen LogP contribution in [-0.2, 0) is 10.2 Å². The Morgan fingerprint density at radius 2 is 2.00 bits per heavy atom. The summed E-state index contributed by atoms with van der Waals surface area (Å²) < 4.78 is 0. The summed E-state index contributed by atoms with van der Waals surface area (Å²) in [5.41, 5.74) is 1.90. The van der Waals surface area contributed by atoms with E-state index in [1.54, 1.807) is 29.2 Å². The summed E-state index contributed by atoms with van der Waals surface area (Å²) in [6, 6.07) is 16.5. The molecule has 0 radical (unpaired) electrons. The van der Waals surface area contributed by atoms with Crippen LogP contribution in [0, 0.1) is 11.3 Å². The van der Waals surface area contributed by atoms with Crippen LogP contribution in [0.4, 0.5) is 5.69 Å². The summed E-state index contributed by atoms with van der Waals surface area (Å²) in [5, 5.41) is 12.4. The maximum atomic E-state index is 13.3. The van der Waals surface area contributed by atoms with Crippen molar-refractivity contribution in [1.82, 2.24) is 4.90 Å². The zero-order chi connectivity index (χ0) is 19.0. The number of anilines is 1. The topological polar surface area (TPSA) is 73.2 Å². The third kappa shape index (κ3) is 2.44. The molecule has 5 heteroatoms. The van der Waals surface area contributed by atoms with Gasteiger partial charge in [-0.2, -0.15) is 5.26 Å². The number of carbonyl (C=O) groups is 2. The van der Waals surface area contributed by atoms with Gasteiger partial charge in [0, 0.05) is 12.2 Å². The van der Waals surface area contributed by atoms with E-state index in [2.05, 4.69) is 18.3 Å². The van der Waals surface area contributed by atoms with Crippen LogP contribution in [-0.4, -0.2) is 29.3 Å². The lowest BCUT2D eigenvalue weighted by Gasteiger charge is -2.34. The predicted octanol–water partition coefficient (Wildman–Crippen LogP) is 3.46. The second-order valence-corrected chi connectivity index (χ2v) is 7.18. The summed E-state index contributed by atoms with van der Waals surface area (Å²) in [7, 11) is 0. The molecule has 2 amide bonds. The van der Waals surface area contributed by atoms with Crippen molar-refractivity contribution in [2.75, 3.05) is 11.9 Å². The van der Waals surface area contributed by atoms with Crippen molar-refractivity contribution in [3.05, 3.63) is 65.2 Å². The normalized spacial score (nSPS) is 23.2. The van der Waals surface area contributed by atoms with E-state index in [1.807, 2.05) is 24.3 Å². The lowest BCUT2D eigenvalue weighted by atomic mass is 9.73. The van der Waals surface area contributed by atoms with E-state index >= 15 is 0 Å². The number of benzene rings is 2.